The molecule has 1 heterocycles. The Balaban J connectivity index is 2.34. The smallest absolute Gasteiger partial charge is 0.00981 e. The summed E-state index contributed by atoms with van der Waals surface area (Å²) in [6.07, 6.45) is 9.93. The molecule has 1 N–H and O–H groups in total. The van der Waals surface area contributed by atoms with Gasteiger partial charge in [0.15, 0.2) is 0 Å². The van der Waals surface area contributed by atoms with Crippen LogP contribution >= 0.6 is 0 Å². The molecule has 1 unspecified atom stereocenters. The molecule has 2 nitrogen and oxygen atoms in total. The molecule has 1 fully saturated rings. The van der Waals surface area contributed by atoms with Crippen molar-refractivity contribution in [2.24, 2.45) is 5.92 Å². The number of nitrogens with zero attached hydrogens (tertiary/aromatic N) is 1. The Morgan fingerprint density at radius 1 is 1.35 bits per heavy atom. The Morgan fingerprint density at radius 2 is 2.06 bits per heavy atom. The van der Waals surface area contributed by atoms with Gasteiger partial charge in [-0.1, -0.05) is 19.4 Å². The van der Waals surface area contributed by atoms with E-state index in [0.29, 0.717) is 0 Å². The maximum Gasteiger partial charge on any atom is 0.00981 e. The van der Waals surface area contributed by atoms with Crippen molar-refractivity contribution in [3.8, 4) is 0 Å². The second-order valence-electron chi connectivity index (χ2n) is 5.35. The molecule has 1 rings (SSSR count). The zero-order valence-corrected chi connectivity index (χ0v) is 11.8. The van der Waals surface area contributed by atoms with Gasteiger partial charge in [-0.2, -0.15) is 0 Å². The molecule has 1 saturated heterocycles. The van der Waals surface area contributed by atoms with Crippen LogP contribution in [0.3, 0.4) is 0 Å². The van der Waals surface area contributed by atoms with Crippen LogP contribution in [-0.4, -0.2) is 37.6 Å². The summed E-state index contributed by atoms with van der Waals surface area (Å²) in [5.41, 5.74) is 0. The fourth-order valence-corrected chi connectivity index (χ4v) is 2.96. The van der Waals surface area contributed by atoms with Gasteiger partial charge in [0.05, 0.1) is 0 Å². The number of allylic oxidation sites excluding steroid dienone is 1. The van der Waals surface area contributed by atoms with Crippen LogP contribution in [0.15, 0.2) is 12.7 Å². The molecule has 2 heteroatoms. The highest BCUT2D eigenvalue weighted by Crippen LogP contribution is 2.22. The lowest BCUT2D eigenvalue weighted by molar-refractivity contribution is 0.120. The predicted octanol–water partition coefficient (Wildman–Crippen LogP) is 3.05. The molecule has 1 aliphatic heterocycles. The van der Waals surface area contributed by atoms with E-state index in [2.05, 4.69) is 36.8 Å². The Labute approximate surface area is 107 Å². The topological polar surface area (TPSA) is 15.3 Å². The first-order valence-corrected chi connectivity index (χ1v) is 7.31. The van der Waals surface area contributed by atoms with Crippen molar-refractivity contribution in [1.29, 1.82) is 0 Å². The maximum absolute atomic E-state index is 3.85. The molecule has 1 atom stereocenters. The van der Waals surface area contributed by atoms with Crippen LogP contribution < -0.4 is 5.32 Å². The van der Waals surface area contributed by atoms with E-state index in [9.17, 15) is 0 Å². The minimum Gasteiger partial charge on any atom is -0.319 e. The van der Waals surface area contributed by atoms with Crippen molar-refractivity contribution < 1.29 is 0 Å². The number of hydrogen-bond acceptors (Lipinski definition) is 2. The average molecular weight is 238 g/mol. The van der Waals surface area contributed by atoms with E-state index in [4.69, 9.17) is 0 Å². The second-order valence-corrected chi connectivity index (χ2v) is 5.35. The van der Waals surface area contributed by atoms with Crippen LogP contribution in [0.1, 0.15) is 45.4 Å². The largest absolute Gasteiger partial charge is 0.319 e. The summed E-state index contributed by atoms with van der Waals surface area (Å²) >= 11 is 0. The van der Waals surface area contributed by atoms with Crippen molar-refractivity contribution in [1.82, 2.24) is 10.2 Å². The van der Waals surface area contributed by atoms with Crippen molar-refractivity contribution in [2.75, 3.05) is 26.7 Å². The lowest BCUT2D eigenvalue weighted by Gasteiger charge is -2.37. The van der Waals surface area contributed by atoms with Gasteiger partial charge in [-0.25, -0.2) is 0 Å². The monoisotopic (exact) mass is 238 g/mol. The standard InChI is InChI=1S/C15H30N2/c1-4-6-8-15(7-5-2)17-11-9-14(10-12-17)13-16-3/h4,14-16H,1,5-13H2,2-3H3. The zero-order valence-electron chi connectivity index (χ0n) is 11.8. The lowest BCUT2D eigenvalue weighted by atomic mass is 9.94. The van der Waals surface area contributed by atoms with E-state index in [1.54, 1.807) is 0 Å². The molecule has 0 amide bonds. The molecule has 0 spiro atoms. The van der Waals surface area contributed by atoms with Gasteiger partial charge in [0, 0.05) is 6.04 Å². The first-order valence-electron chi connectivity index (χ1n) is 7.31. The maximum atomic E-state index is 3.85. The summed E-state index contributed by atoms with van der Waals surface area (Å²) in [7, 11) is 2.07. The molecule has 0 bridgehead atoms. The summed E-state index contributed by atoms with van der Waals surface area (Å²) in [6.45, 7) is 9.94. The minimum absolute atomic E-state index is 0.800. The van der Waals surface area contributed by atoms with Gasteiger partial charge in [0.25, 0.3) is 0 Å². The van der Waals surface area contributed by atoms with Gasteiger partial charge >= 0.3 is 0 Å². The third-order valence-corrected chi connectivity index (χ3v) is 3.98. The fourth-order valence-electron chi connectivity index (χ4n) is 2.96. The summed E-state index contributed by atoms with van der Waals surface area (Å²) in [5, 5.41) is 3.31. The highest BCUT2D eigenvalue weighted by atomic mass is 15.2. The molecule has 0 radical (unpaired) electrons. The molecule has 0 saturated carbocycles. The van der Waals surface area contributed by atoms with E-state index in [0.717, 1.165) is 12.0 Å². The summed E-state index contributed by atoms with van der Waals surface area (Å²) in [6, 6.07) is 0.800. The Bertz CT molecular complexity index is 195. The molecular weight excluding hydrogens is 208 g/mol. The highest BCUT2D eigenvalue weighted by molar-refractivity contribution is 4.81. The SMILES string of the molecule is C=CCCC(CCC)N1CCC(CNC)CC1. The number of likely N-dealkylation sites (tertiary alicyclic amines) is 1. The van der Waals surface area contributed by atoms with E-state index in [1.807, 2.05) is 0 Å². The van der Waals surface area contributed by atoms with Gasteiger partial charge in [-0.05, 0) is 64.7 Å². The van der Waals surface area contributed by atoms with Gasteiger partial charge in [-0.15, -0.1) is 6.58 Å². The number of hydrogen-bond donors (Lipinski definition) is 1. The first-order chi connectivity index (χ1) is 8.31. The van der Waals surface area contributed by atoms with E-state index >= 15 is 0 Å². The van der Waals surface area contributed by atoms with Gasteiger partial charge in [0.1, 0.15) is 0 Å². The Kier molecular flexibility index (Phi) is 7.54. The zero-order chi connectivity index (χ0) is 12.5. The molecule has 0 aromatic carbocycles. The highest BCUT2D eigenvalue weighted by Gasteiger charge is 2.23. The summed E-state index contributed by atoms with van der Waals surface area (Å²) < 4.78 is 0. The Morgan fingerprint density at radius 3 is 2.59 bits per heavy atom. The van der Waals surface area contributed by atoms with Crippen LogP contribution in [-0.2, 0) is 0 Å². The molecule has 100 valence electrons. The Hall–Kier alpha value is -0.340. The van der Waals surface area contributed by atoms with E-state index in [1.165, 1.54) is 58.2 Å². The van der Waals surface area contributed by atoms with E-state index in [-0.39, 0.29) is 0 Å². The van der Waals surface area contributed by atoms with E-state index < -0.39 is 0 Å². The molecule has 0 aliphatic carbocycles. The van der Waals surface area contributed by atoms with Crippen LogP contribution in [0.5, 0.6) is 0 Å². The lowest BCUT2D eigenvalue weighted by Crippen LogP contribution is -2.42. The van der Waals surface area contributed by atoms with Crippen molar-refractivity contribution in [2.45, 2.75) is 51.5 Å². The van der Waals surface area contributed by atoms with Crippen molar-refractivity contribution >= 4 is 0 Å². The third kappa shape index (κ3) is 5.22. The summed E-state index contributed by atoms with van der Waals surface area (Å²) in [4.78, 5) is 2.72. The van der Waals surface area contributed by atoms with Crippen LogP contribution in [0.25, 0.3) is 0 Å². The van der Waals surface area contributed by atoms with Crippen LogP contribution in [0, 0.1) is 5.92 Å². The fraction of sp³-hybridized carbons (Fsp3) is 0.867. The number of piperidine rings is 1. The summed E-state index contributed by atoms with van der Waals surface area (Å²) in [5.74, 6) is 0.901. The number of nitrogens with one attached hydrogen (secondary N) is 1. The van der Waals surface area contributed by atoms with Crippen LogP contribution in [0.4, 0.5) is 0 Å². The quantitative estimate of drug-likeness (QED) is 0.654. The van der Waals surface area contributed by atoms with Gasteiger partial charge < -0.3 is 10.2 Å². The second kappa shape index (κ2) is 8.71. The molecule has 1 aliphatic rings. The number of rotatable bonds is 8. The minimum atomic E-state index is 0.800. The third-order valence-electron chi connectivity index (χ3n) is 3.98. The molecule has 0 aromatic heterocycles. The predicted molar refractivity (Wildman–Crippen MR) is 76.4 cm³/mol. The van der Waals surface area contributed by atoms with Gasteiger partial charge in [-0.3, -0.25) is 0 Å². The van der Waals surface area contributed by atoms with Crippen LogP contribution in [0.2, 0.25) is 0 Å². The molecule has 17 heavy (non-hydrogen) atoms. The van der Waals surface area contributed by atoms with Crippen molar-refractivity contribution in [3.63, 3.8) is 0 Å². The van der Waals surface area contributed by atoms with Crippen molar-refractivity contribution in [3.05, 3.63) is 12.7 Å². The molecular formula is C15H30N2. The normalized spacial score (nSPS) is 20.4. The molecule has 0 aromatic rings. The van der Waals surface area contributed by atoms with Gasteiger partial charge in [0.2, 0.25) is 0 Å². The first kappa shape index (κ1) is 14.7. The average Bonchev–Trinajstić information content (AvgIpc) is 2.36.